The highest BCUT2D eigenvalue weighted by atomic mass is 19.4. The summed E-state index contributed by atoms with van der Waals surface area (Å²) in [5.41, 5.74) is 0.587. The van der Waals surface area contributed by atoms with Crippen LogP contribution in [0.4, 0.5) is 13.2 Å². The van der Waals surface area contributed by atoms with Gasteiger partial charge in [0.05, 0.1) is 12.7 Å². The van der Waals surface area contributed by atoms with Crippen LogP contribution in [0.25, 0.3) is 33.3 Å². The molecule has 2 aromatic heterocycles. The first kappa shape index (κ1) is 21.4. The number of pyridine rings is 1. The number of nitrogens with zero attached hydrogens (tertiary/aromatic N) is 2. The highest BCUT2D eigenvalue weighted by Gasteiger charge is 2.38. The number of fused-ring (bicyclic) bond motifs is 1. The molecular weight excluding hydrogens is 419 g/mol. The Morgan fingerprint density at radius 3 is 2.47 bits per heavy atom. The van der Waals surface area contributed by atoms with Gasteiger partial charge in [0.25, 0.3) is 5.91 Å². The van der Waals surface area contributed by atoms with E-state index < -0.39 is 11.7 Å². The molecule has 0 saturated heterocycles. The molecule has 2 aromatic carbocycles. The Labute approximate surface area is 182 Å². The van der Waals surface area contributed by atoms with E-state index in [-0.39, 0.29) is 28.1 Å². The first-order chi connectivity index (χ1) is 15.2. The molecule has 0 spiro atoms. The predicted octanol–water partition coefficient (Wildman–Crippen LogP) is 5.63. The molecule has 0 saturated carbocycles. The molecule has 0 fully saturated rings. The zero-order chi connectivity index (χ0) is 23.0. The van der Waals surface area contributed by atoms with Crippen LogP contribution < -0.4 is 4.74 Å². The van der Waals surface area contributed by atoms with Crippen molar-refractivity contribution in [2.75, 3.05) is 21.2 Å². The number of hydrogen-bond acceptors (Lipinski definition) is 3. The van der Waals surface area contributed by atoms with E-state index in [2.05, 4.69) is 9.97 Å². The van der Waals surface area contributed by atoms with Crippen molar-refractivity contribution in [1.29, 1.82) is 0 Å². The average molecular weight is 439 g/mol. The number of hydrogen-bond donors (Lipinski definition) is 1. The lowest BCUT2D eigenvalue weighted by atomic mass is 9.94. The van der Waals surface area contributed by atoms with E-state index in [1.165, 1.54) is 30.5 Å². The minimum absolute atomic E-state index is 0.0520. The Kier molecular flexibility index (Phi) is 5.38. The van der Waals surface area contributed by atoms with Crippen LogP contribution in [0.15, 0.2) is 60.9 Å². The topological polar surface area (TPSA) is 58.2 Å². The minimum atomic E-state index is -4.67. The first-order valence-electron chi connectivity index (χ1n) is 9.75. The van der Waals surface area contributed by atoms with E-state index >= 15 is 0 Å². The van der Waals surface area contributed by atoms with E-state index in [1.54, 1.807) is 56.6 Å². The van der Waals surface area contributed by atoms with Crippen molar-refractivity contribution in [3.63, 3.8) is 0 Å². The quantitative estimate of drug-likeness (QED) is 0.449. The van der Waals surface area contributed by atoms with Gasteiger partial charge in [0.1, 0.15) is 11.4 Å². The molecule has 164 valence electrons. The van der Waals surface area contributed by atoms with Gasteiger partial charge in [-0.2, -0.15) is 13.2 Å². The van der Waals surface area contributed by atoms with Gasteiger partial charge in [0.15, 0.2) is 0 Å². The molecule has 0 atom stereocenters. The number of halogens is 3. The molecule has 4 rings (SSSR count). The number of para-hydroxylation sites is 1. The fourth-order valence-electron chi connectivity index (χ4n) is 3.77. The number of carbonyl (C=O) groups is 1. The lowest BCUT2D eigenvalue weighted by Crippen LogP contribution is -2.21. The third-order valence-corrected chi connectivity index (χ3v) is 5.21. The van der Waals surface area contributed by atoms with Gasteiger partial charge in [0.2, 0.25) is 0 Å². The van der Waals surface area contributed by atoms with Gasteiger partial charge in [-0.25, -0.2) is 4.98 Å². The fraction of sp³-hybridized carbons (Fsp3) is 0.167. The number of methoxy groups -OCH3 is 1. The number of benzene rings is 2. The SMILES string of the molecule is COc1ccccc1-c1c[nH]c2ncc(-c3cccc(C(=O)N(C)C)c3)c(C(F)(F)F)c12. The Hall–Kier alpha value is -3.81. The number of alkyl halides is 3. The summed E-state index contributed by atoms with van der Waals surface area (Å²) in [7, 11) is 4.64. The summed E-state index contributed by atoms with van der Waals surface area (Å²) in [4.78, 5) is 20.8. The van der Waals surface area contributed by atoms with Crippen LogP contribution in [0.5, 0.6) is 5.75 Å². The largest absolute Gasteiger partial charge is 0.496 e. The van der Waals surface area contributed by atoms with Crippen molar-refractivity contribution in [1.82, 2.24) is 14.9 Å². The molecule has 1 amide bonds. The number of rotatable bonds is 4. The second-order valence-corrected chi connectivity index (χ2v) is 7.45. The first-order valence-corrected chi connectivity index (χ1v) is 9.75. The lowest BCUT2D eigenvalue weighted by molar-refractivity contribution is -0.135. The second-order valence-electron chi connectivity index (χ2n) is 7.45. The maximum absolute atomic E-state index is 14.5. The third kappa shape index (κ3) is 3.68. The highest BCUT2D eigenvalue weighted by Crippen LogP contribution is 2.45. The summed E-state index contributed by atoms with van der Waals surface area (Å²) >= 11 is 0. The monoisotopic (exact) mass is 439 g/mol. The van der Waals surface area contributed by atoms with Crippen LogP contribution in [0.3, 0.4) is 0 Å². The van der Waals surface area contributed by atoms with Crippen LogP contribution in [0.2, 0.25) is 0 Å². The van der Waals surface area contributed by atoms with Crippen molar-refractivity contribution in [3.8, 4) is 28.0 Å². The van der Waals surface area contributed by atoms with Gasteiger partial charge in [-0.3, -0.25) is 4.79 Å². The van der Waals surface area contributed by atoms with E-state index in [9.17, 15) is 18.0 Å². The molecule has 8 heteroatoms. The maximum atomic E-state index is 14.5. The van der Waals surface area contributed by atoms with Gasteiger partial charge in [-0.1, -0.05) is 30.3 Å². The highest BCUT2D eigenvalue weighted by molar-refractivity contribution is 6.01. The van der Waals surface area contributed by atoms with E-state index in [1.807, 2.05) is 0 Å². The van der Waals surface area contributed by atoms with Gasteiger partial charge in [0, 0.05) is 54.1 Å². The number of ether oxygens (including phenoxy) is 1. The minimum Gasteiger partial charge on any atom is -0.496 e. The Morgan fingerprint density at radius 2 is 1.78 bits per heavy atom. The van der Waals surface area contributed by atoms with Crippen molar-refractivity contribution >= 4 is 16.9 Å². The van der Waals surface area contributed by atoms with Crippen LogP contribution in [-0.4, -0.2) is 42.0 Å². The van der Waals surface area contributed by atoms with Crippen molar-refractivity contribution in [3.05, 3.63) is 72.1 Å². The summed E-state index contributed by atoms with van der Waals surface area (Å²) < 4.78 is 48.7. The smallest absolute Gasteiger partial charge is 0.417 e. The average Bonchev–Trinajstić information content (AvgIpc) is 3.21. The molecule has 1 N–H and O–H groups in total. The Balaban J connectivity index is 2.02. The van der Waals surface area contributed by atoms with Crippen LogP contribution in [0.1, 0.15) is 15.9 Å². The fourth-order valence-corrected chi connectivity index (χ4v) is 3.77. The molecule has 32 heavy (non-hydrogen) atoms. The van der Waals surface area contributed by atoms with Crippen molar-refractivity contribution < 1.29 is 22.7 Å². The summed E-state index contributed by atoms with van der Waals surface area (Å²) in [6.45, 7) is 0. The standard InChI is InChI=1S/C24H20F3N3O2/c1-30(2)23(31)15-8-6-7-14(11-15)17-12-28-22-20(21(17)24(25,26)27)18(13-29-22)16-9-4-5-10-19(16)32-3/h4-13H,1-3H3,(H,28,29). The molecule has 0 bridgehead atoms. The van der Waals surface area contributed by atoms with Crippen LogP contribution in [-0.2, 0) is 6.18 Å². The van der Waals surface area contributed by atoms with Crippen LogP contribution >= 0.6 is 0 Å². The molecule has 0 radical (unpaired) electrons. The number of H-pyrrole nitrogens is 1. The zero-order valence-electron chi connectivity index (χ0n) is 17.6. The number of aromatic nitrogens is 2. The van der Waals surface area contributed by atoms with Crippen molar-refractivity contribution in [2.45, 2.75) is 6.18 Å². The second kappa shape index (κ2) is 8.03. The van der Waals surface area contributed by atoms with Crippen LogP contribution in [0, 0.1) is 0 Å². The predicted molar refractivity (Wildman–Crippen MR) is 117 cm³/mol. The lowest BCUT2D eigenvalue weighted by Gasteiger charge is -2.17. The van der Waals surface area contributed by atoms with Gasteiger partial charge >= 0.3 is 6.18 Å². The maximum Gasteiger partial charge on any atom is 0.417 e. The number of aromatic amines is 1. The molecule has 0 aliphatic heterocycles. The normalized spacial score (nSPS) is 11.6. The number of amides is 1. The van der Waals surface area contributed by atoms with E-state index in [4.69, 9.17) is 4.74 Å². The summed E-state index contributed by atoms with van der Waals surface area (Å²) in [5, 5.41) is -0.0520. The van der Waals surface area contributed by atoms with Gasteiger partial charge < -0.3 is 14.6 Å². The molecule has 0 unspecified atom stereocenters. The van der Waals surface area contributed by atoms with E-state index in [0.29, 0.717) is 22.4 Å². The Morgan fingerprint density at radius 1 is 1.03 bits per heavy atom. The summed E-state index contributed by atoms with van der Waals surface area (Å²) in [5.74, 6) is 0.149. The van der Waals surface area contributed by atoms with Gasteiger partial charge in [-0.05, 0) is 23.8 Å². The molecule has 0 aliphatic carbocycles. The molecule has 0 aliphatic rings. The molecule has 2 heterocycles. The third-order valence-electron chi connectivity index (χ3n) is 5.21. The summed E-state index contributed by atoms with van der Waals surface area (Å²) in [6, 6.07) is 13.0. The molecular formula is C24H20F3N3O2. The molecule has 4 aromatic rings. The number of nitrogens with one attached hydrogen (secondary N) is 1. The molecule has 5 nitrogen and oxygen atoms in total. The summed E-state index contributed by atoms with van der Waals surface area (Å²) in [6.07, 6.45) is -1.98. The van der Waals surface area contributed by atoms with Gasteiger partial charge in [-0.15, -0.1) is 0 Å². The number of carbonyl (C=O) groups excluding carboxylic acids is 1. The zero-order valence-corrected chi connectivity index (χ0v) is 17.6. The van der Waals surface area contributed by atoms with E-state index in [0.717, 1.165) is 0 Å². The Bertz CT molecular complexity index is 1310. The van der Waals surface area contributed by atoms with Crippen molar-refractivity contribution in [2.24, 2.45) is 0 Å².